The van der Waals surface area contributed by atoms with Crippen molar-refractivity contribution in [2.24, 2.45) is 10.2 Å². The van der Waals surface area contributed by atoms with Gasteiger partial charge in [-0.15, -0.1) is 25.0 Å². The Labute approximate surface area is 242 Å². The van der Waals surface area contributed by atoms with E-state index in [1.165, 1.54) is 33.2 Å². The van der Waals surface area contributed by atoms with Crippen molar-refractivity contribution in [3.05, 3.63) is 88.3 Å². The number of aryl methyl sites for hydroxylation is 1. The van der Waals surface area contributed by atoms with Gasteiger partial charge < -0.3 is 5.11 Å². The van der Waals surface area contributed by atoms with E-state index in [-0.39, 0.29) is 17.1 Å². The molecule has 0 atom stereocenters. The van der Waals surface area contributed by atoms with E-state index in [1.807, 2.05) is 55.8 Å². The highest BCUT2D eigenvalue weighted by atomic mass is 32.2. The maximum absolute atomic E-state index is 13.3. The van der Waals surface area contributed by atoms with Crippen molar-refractivity contribution in [2.75, 3.05) is 25.7 Å². The van der Waals surface area contributed by atoms with Gasteiger partial charge >= 0.3 is 11.5 Å². The van der Waals surface area contributed by atoms with Crippen molar-refractivity contribution < 1.29 is 9.43 Å². The van der Waals surface area contributed by atoms with E-state index in [2.05, 4.69) is 61.4 Å². The number of nitrogens with zero attached hydrogens (tertiary/aromatic N) is 7. The molecule has 0 radical (unpaired) electrons. The molecule has 0 saturated heterocycles. The Morgan fingerprint density at radius 2 is 1.65 bits per heavy atom. The number of thioether (sulfide) groups is 2. The van der Waals surface area contributed by atoms with E-state index in [4.69, 9.17) is 5.10 Å². The smallest absolute Gasteiger partial charge is 0.433 e. The summed E-state index contributed by atoms with van der Waals surface area (Å²) in [6.45, 7) is 8.11. The third-order valence-electron chi connectivity index (χ3n) is 6.34. The van der Waals surface area contributed by atoms with Crippen LogP contribution in [-0.4, -0.2) is 66.2 Å². The molecule has 0 unspecified atom stereocenters. The molecule has 0 fully saturated rings. The molecule has 0 bridgehead atoms. The van der Waals surface area contributed by atoms with Gasteiger partial charge in [0.1, 0.15) is 5.69 Å². The zero-order chi connectivity index (χ0) is 28.9. The lowest BCUT2D eigenvalue weighted by atomic mass is 10.4. The Morgan fingerprint density at radius 3 is 2.17 bits per heavy atom. The van der Waals surface area contributed by atoms with Crippen LogP contribution in [0.25, 0.3) is 0 Å². The molecule has 0 amide bonds. The number of benzene rings is 2. The van der Waals surface area contributed by atoms with Crippen molar-refractivity contribution in [3.63, 3.8) is 0 Å². The van der Waals surface area contributed by atoms with Crippen LogP contribution < -0.4 is 27.0 Å². The number of aromatic nitrogens is 3. The van der Waals surface area contributed by atoms with E-state index >= 15 is 0 Å². The third-order valence-corrected chi connectivity index (χ3v) is 11.6. The van der Waals surface area contributed by atoms with Crippen molar-refractivity contribution in [3.8, 4) is 0 Å². The summed E-state index contributed by atoms with van der Waals surface area (Å²) in [5.41, 5.74) is 6.43. The predicted octanol–water partition coefficient (Wildman–Crippen LogP) is 3.09. The van der Waals surface area contributed by atoms with Crippen LogP contribution in [0.5, 0.6) is 0 Å². The minimum absolute atomic E-state index is 0.0657. The zero-order valence-electron chi connectivity index (χ0n) is 23.2. The second-order valence-electron chi connectivity index (χ2n) is 8.76. The summed E-state index contributed by atoms with van der Waals surface area (Å²) in [6.07, 6.45) is 3.67. The van der Waals surface area contributed by atoms with Crippen LogP contribution in [0, 0.1) is 6.92 Å². The fourth-order valence-corrected chi connectivity index (χ4v) is 8.46. The van der Waals surface area contributed by atoms with Gasteiger partial charge in [0.05, 0.1) is 19.3 Å². The molecule has 14 heteroatoms. The average Bonchev–Trinajstić information content (AvgIpc) is 2.99. The molecule has 40 heavy (non-hydrogen) atoms. The number of aliphatic hydroxyl groups excluding tert-OH is 1. The molecular weight excluding hydrogens is 565 g/mol. The van der Waals surface area contributed by atoms with Crippen LogP contribution in [0.15, 0.2) is 92.4 Å². The summed E-state index contributed by atoms with van der Waals surface area (Å²) < 4.78 is 3.41. The molecule has 2 heterocycles. The molecule has 1 aliphatic heterocycles. The Kier molecular flexibility index (Phi) is 9.39. The number of hydrazone groups is 1. The number of rotatable bonds is 6. The zero-order valence-corrected chi connectivity index (χ0v) is 25.8. The van der Waals surface area contributed by atoms with Crippen LogP contribution >= 0.6 is 30.6 Å². The molecular formula is C26H33N9O2PS2+. The first-order valence-corrected chi connectivity index (χ1v) is 17.1. The van der Waals surface area contributed by atoms with Crippen LogP contribution in [0.2, 0.25) is 0 Å². The highest BCUT2D eigenvalue weighted by molar-refractivity contribution is 8.13. The van der Waals surface area contributed by atoms with Gasteiger partial charge in [-0.25, -0.2) is 4.33 Å². The lowest BCUT2D eigenvalue weighted by Crippen LogP contribution is -2.52. The molecule has 210 valence electrons. The molecule has 1 aliphatic rings. The monoisotopic (exact) mass is 598 g/mol. The Bertz CT molecular complexity index is 1550. The minimum atomic E-state index is -2.36. The second kappa shape index (κ2) is 12.8. The predicted molar refractivity (Wildman–Crippen MR) is 166 cm³/mol. The van der Waals surface area contributed by atoms with Crippen LogP contribution in [-0.2, 0) is 0 Å². The van der Waals surface area contributed by atoms with E-state index in [9.17, 15) is 9.90 Å². The van der Waals surface area contributed by atoms with Crippen molar-refractivity contribution >= 4 is 52.3 Å². The highest BCUT2D eigenvalue weighted by Crippen LogP contribution is 2.42. The summed E-state index contributed by atoms with van der Waals surface area (Å²) in [4.78, 5) is 13.3. The number of hydrogen-bond donors (Lipinski definition) is 3. The van der Waals surface area contributed by atoms with Gasteiger partial charge in [-0.2, -0.15) is 5.43 Å². The first kappa shape index (κ1) is 29.4. The summed E-state index contributed by atoms with van der Waals surface area (Å²) in [6, 6.07) is 20.5. The van der Waals surface area contributed by atoms with Crippen LogP contribution in [0.4, 0.5) is 0 Å². The largest absolute Gasteiger partial charge is 0.491 e. The maximum atomic E-state index is 13.3. The van der Waals surface area contributed by atoms with Gasteiger partial charge in [-0.05, 0) is 39.9 Å². The molecule has 2 aromatic carbocycles. The Morgan fingerprint density at radius 1 is 1.05 bits per heavy atom. The van der Waals surface area contributed by atoms with Gasteiger partial charge in [0.2, 0.25) is 16.2 Å². The van der Waals surface area contributed by atoms with Crippen molar-refractivity contribution in [2.45, 2.75) is 25.9 Å². The quantitative estimate of drug-likeness (QED) is 0.170. The molecule has 3 aromatic rings. The molecule has 4 rings (SSSR count). The minimum Gasteiger partial charge on any atom is -0.491 e. The highest BCUT2D eigenvalue weighted by Gasteiger charge is 2.34. The summed E-state index contributed by atoms with van der Waals surface area (Å²) in [7, 11) is -2.36. The maximum Gasteiger partial charge on any atom is 0.433 e. The molecule has 1 aromatic heterocycles. The molecule has 0 spiro atoms. The van der Waals surface area contributed by atoms with Crippen molar-refractivity contribution in [1.29, 1.82) is 0 Å². The SMILES string of the molecule is CC[N+](/C(=N\n1c(SC)nnc(C)c1=O)NN1C(SC)=NNC(C)=C1O)=P(C)(c1ccccc1)c1ccccc1. The molecule has 0 saturated carbocycles. The van der Waals surface area contributed by atoms with E-state index < -0.39 is 7.05 Å². The number of amidine groups is 1. The van der Waals surface area contributed by atoms with Gasteiger partial charge in [0.25, 0.3) is 0 Å². The summed E-state index contributed by atoms with van der Waals surface area (Å²) in [5, 5.41) is 33.0. The van der Waals surface area contributed by atoms with E-state index in [0.717, 1.165) is 10.6 Å². The fraction of sp³-hybridized carbons (Fsp3) is 0.269. The number of allylic oxidation sites excluding steroid dienone is 1. The fourth-order valence-electron chi connectivity index (χ4n) is 4.20. The van der Waals surface area contributed by atoms with Crippen LogP contribution in [0.3, 0.4) is 0 Å². The Balaban J connectivity index is 2.11. The van der Waals surface area contributed by atoms with Crippen molar-refractivity contribution in [1.82, 2.24) is 30.7 Å². The number of guanidine groups is 1. The normalized spacial score (nSPS) is 14.1. The first-order valence-electron chi connectivity index (χ1n) is 12.5. The third kappa shape index (κ3) is 5.67. The van der Waals surface area contributed by atoms with Gasteiger partial charge in [-0.1, -0.05) is 84.2 Å². The van der Waals surface area contributed by atoms with Gasteiger partial charge in [-0.3, -0.25) is 10.2 Å². The van der Waals surface area contributed by atoms with Gasteiger partial charge in [0, 0.05) is 15.7 Å². The molecule has 0 aliphatic carbocycles. The number of hydrazine groups is 1. The summed E-state index contributed by atoms with van der Waals surface area (Å²) in [5.74, 6) is 0.267. The van der Waals surface area contributed by atoms with E-state index in [1.54, 1.807) is 13.8 Å². The topological polar surface area (TPSA) is 123 Å². The molecule has 3 N–H and O–H groups in total. The number of aliphatic hydroxyl groups is 1. The second-order valence-corrected chi connectivity index (χ2v) is 13.7. The first-order chi connectivity index (χ1) is 19.3. The lowest BCUT2D eigenvalue weighted by Gasteiger charge is -2.29. The number of hydrogen-bond acceptors (Lipinski definition) is 10. The lowest BCUT2D eigenvalue weighted by molar-refractivity contribution is -0.388. The van der Waals surface area contributed by atoms with E-state index in [0.29, 0.717) is 28.5 Å². The standard InChI is InChI=1S/C26H32N9O2PS2/c1-7-33(38(4,20-14-10-8-11-15-20)21-16-12-9-13-17-21)24(31-34-22(36)18(2)27-29-25(34)39-5)32-35-23(37)19(3)28-30-26(35)40-6/h8-17H,7H2,1-6H3,(H2-,27,28,31,32,36,37)/p+1. The average molecular weight is 599 g/mol. The summed E-state index contributed by atoms with van der Waals surface area (Å²) >= 11 is 2.60. The number of nitrogens with one attached hydrogen (secondary N) is 2. The molecule has 11 nitrogen and oxygen atoms in total. The Hall–Kier alpha value is -3.54. The van der Waals surface area contributed by atoms with Crippen LogP contribution in [0.1, 0.15) is 19.5 Å². The van der Waals surface area contributed by atoms with Gasteiger partial charge in [0.15, 0.2) is 0 Å².